The van der Waals surface area contributed by atoms with E-state index >= 15 is 0 Å². The standard InChI is InChI=1S/C24H30N6/c1-14-7-8-20-18(10-14)21-22(26-20)27-23(30-28-21)29-25-13-17-12-19-16(11-15(17)2)6-5-9-24(19,3)4/h6-8,10,13,15,17,19H,5,9,11-12H2,1-4H3,(H2,26,27,29,30)/b25-13-/t15-,17+,19-/m0/s1. The minimum atomic E-state index is 0.385. The first-order valence-electron chi connectivity index (χ1n) is 11.0. The number of aromatic nitrogens is 4. The van der Waals surface area contributed by atoms with Crippen LogP contribution in [0.15, 0.2) is 34.9 Å². The van der Waals surface area contributed by atoms with Crippen LogP contribution in [0.1, 0.15) is 52.0 Å². The monoisotopic (exact) mass is 402 g/mol. The molecule has 2 aliphatic rings. The lowest BCUT2D eigenvalue weighted by molar-refractivity contribution is 0.149. The Labute approximate surface area is 177 Å². The van der Waals surface area contributed by atoms with Crippen molar-refractivity contribution in [3.63, 3.8) is 0 Å². The number of aromatic amines is 1. The smallest absolute Gasteiger partial charge is 0.265 e. The van der Waals surface area contributed by atoms with Crippen LogP contribution < -0.4 is 5.43 Å². The molecule has 2 heterocycles. The van der Waals surface area contributed by atoms with E-state index in [-0.39, 0.29) is 0 Å². The Bertz CT molecular complexity index is 1160. The quantitative estimate of drug-likeness (QED) is 0.338. The second-order valence-corrected chi connectivity index (χ2v) is 9.84. The molecule has 5 rings (SSSR count). The molecule has 0 bridgehead atoms. The molecule has 3 atom stereocenters. The molecule has 156 valence electrons. The van der Waals surface area contributed by atoms with Crippen molar-refractivity contribution in [2.24, 2.45) is 28.3 Å². The molecular formula is C24H30N6. The third-order valence-electron chi connectivity index (χ3n) is 7.18. The summed E-state index contributed by atoms with van der Waals surface area (Å²) in [7, 11) is 0. The lowest BCUT2D eigenvalue weighted by Crippen LogP contribution is -2.36. The highest BCUT2D eigenvalue weighted by atomic mass is 15.4. The van der Waals surface area contributed by atoms with Gasteiger partial charge >= 0.3 is 0 Å². The summed E-state index contributed by atoms with van der Waals surface area (Å²) in [5, 5.41) is 14.2. The van der Waals surface area contributed by atoms with Crippen molar-refractivity contribution in [3.05, 3.63) is 35.4 Å². The van der Waals surface area contributed by atoms with Gasteiger partial charge in [-0.1, -0.05) is 44.1 Å². The predicted octanol–water partition coefficient (Wildman–Crippen LogP) is 5.62. The zero-order chi connectivity index (χ0) is 20.9. The molecule has 0 aliphatic heterocycles. The molecule has 1 fully saturated rings. The molecule has 0 saturated heterocycles. The fraction of sp³-hybridized carbons (Fsp3) is 0.500. The molecule has 2 aromatic heterocycles. The number of nitrogens with one attached hydrogen (secondary N) is 2. The van der Waals surface area contributed by atoms with E-state index < -0.39 is 0 Å². The van der Waals surface area contributed by atoms with Crippen molar-refractivity contribution in [1.82, 2.24) is 20.2 Å². The lowest BCUT2D eigenvalue weighted by atomic mass is 9.59. The molecule has 3 aromatic rings. The molecule has 2 N–H and O–H groups in total. The summed E-state index contributed by atoms with van der Waals surface area (Å²) in [6.45, 7) is 9.25. The number of hydrogen-bond acceptors (Lipinski definition) is 5. The van der Waals surface area contributed by atoms with Gasteiger partial charge in [0.25, 0.3) is 5.95 Å². The minimum absolute atomic E-state index is 0.385. The van der Waals surface area contributed by atoms with Gasteiger partial charge in [0, 0.05) is 17.1 Å². The molecule has 0 spiro atoms. The zero-order valence-corrected chi connectivity index (χ0v) is 18.2. The van der Waals surface area contributed by atoms with Crippen LogP contribution in [-0.4, -0.2) is 26.4 Å². The lowest BCUT2D eigenvalue weighted by Gasteiger charge is -2.46. The summed E-state index contributed by atoms with van der Waals surface area (Å²) in [4.78, 5) is 7.89. The van der Waals surface area contributed by atoms with Gasteiger partial charge in [0.1, 0.15) is 5.52 Å². The van der Waals surface area contributed by atoms with Crippen molar-refractivity contribution in [2.45, 2.75) is 53.4 Å². The third kappa shape index (κ3) is 3.38. The summed E-state index contributed by atoms with van der Waals surface area (Å²) in [6, 6.07) is 6.24. The van der Waals surface area contributed by atoms with Crippen LogP contribution in [0.2, 0.25) is 0 Å². The van der Waals surface area contributed by atoms with Crippen molar-refractivity contribution in [1.29, 1.82) is 0 Å². The second kappa shape index (κ2) is 7.18. The molecule has 1 saturated carbocycles. The highest BCUT2D eigenvalue weighted by Crippen LogP contribution is 2.50. The number of hydrazone groups is 1. The number of H-pyrrole nitrogens is 1. The molecule has 6 nitrogen and oxygen atoms in total. The second-order valence-electron chi connectivity index (χ2n) is 9.84. The Morgan fingerprint density at radius 1 is 1.27 bits per heavy atom. The van der Waals surface area contributed by atoms with Crippen LogP contribution in [-0.2, 0) is 0 Å². The number of hydrogen-bond donors (Lipinski definition) is 2. The van der Waals surface area contributed by atoms with E-state index in [2.05, 4.69) is 88.9 Å². The molecule has 0 radical (unpaired) electrons. The maximum absolute atomic E-state index is 4.57. The topological polar surface area (TPSA) is 78.9 Å². The largest absolute Gasteiger partial charge is 0.338 e. The van der Waals surface area contributed by atoms with Gasteiger partial charge in [0.05, 0.1) is 0 Å². The summed E-state index contributed by atoms with van der Waals surface area (Å²) in [6.07, 6.45) is 9.42. The fourth-order valence-electron chi connectivity index (χ4n) is 5.30. The average Bonchev–Trinajstić information content (AvgIpc) is 3.05. The molecular weight excluding hydrogens is 372 g/mol. The Morgan fingerprint density at radius 2 is 2.13 bits per heavy atom. The maximum atomic E-state index is 4.57. The van der Waals surface area contributed by atoms with Crippen LogP contribution in [0.5, 0.6) is 0 Å². The molecule has 6 heteroatoms. The van der Waals surface area contributed by atoms with E-state index in [9.17, 15) is 0 Å². The van der Waals surface area contributed by atoms with Gasteiger partial charge in [-0.15, -0.1) is 10.2 Å². The van der Waals surface area contributed by atoms with Crippen molar-refractivity contribution < 1.29 is 0 Å². The number of allylic oxidation sites excluding steroid dienone is 2. The Morgan fingerprint density at radius 3 is 3.00 bits per heavy atom. The van der Waals surface area contributed by atoms with E-state index in [0.717, 1.165) is 22.1 Å². The third-order valence-corrected chi connectivity index (χ3v) is 7.18. The molecule has 30 heavy (non-hydrogen) atoms. The highest BCUT2D eigenvalue weighted by molar-refractivity contribution is 6.03. The van der Waals surface area contributed by atoms with Crippen LogP contribution in [0.4, 0.5) is 5.95 Å². The summed E-state index contributed by atoms with van der Waals surface area (Å²) < 4.78 is 0. The van der Waals surface area contributed by atoms with E-state index in [1.807, 2.05) is 0 Å². The van der Waals surface area contributed by atoms with Gasteiger partial charge in [-0.3, -0.25) is 0 Å². The number of fused-ring (bicyclic) bond motifs is 4. The van der Waals surface area contributed by atoms with Crippen molar-refractivity contribution in [3.8, 4) is 0 Å². The van der Waals surface area contributed by atoms with E-state index in [0.29, 0.717) is 29.1 Å². The summed E-state index contributed by atoms with van der Waals surface area (Å²) >= 11 is 0. The number of nitrogens with zero attached hydrogens (tertiary/aromatic N) is 4. The van der Waals surface area contributed by atoms with Gasteiger partial charge in [0.15, 0.2) is 5.65 Å². The van der Waals surface area contributed by atoms with Gasteiger partial charge in [-0.25, -0.2) is 5.43 Å². The first kappa shape index (κ1) is 19.2. The van der Waals surface area contributed by atoms with Gasteiger partial charge in [0.2, 0.25) is 0 Å². The van der Waals surface area contributed by atoms with Crippen LogP contribution in [0.25, 0.3) is 22.1 Å². The van der Waals surface area contributed by atoms with Crippen LogP contribution in [0, 0.1) is 30.1 Å². The van der Waals surface area contributed by atoms with E-state index in [1.54, 1.807) is 5.57 Å². The van der Waals surface area contributed by atoms with Crippen molar-refractivity contribution in [2.75, 3.05) is 5.43 Å². The number of benzene rings is 1. The maximum Gasteiger partial charge on any atom is 0.265 e. The number of aryl methyl sites for hydroxylation is 1. The Balaban J connectivity index is 1.33. The summed E-state index contributed by atoms with van der Waals surface area (Å²) in [5.41, 5.74) is 8.80. The highest BCUT2D eigenvalue weighted by Gasteiger charge is 2.40. The Hall–Kier alpha value is -2.76. The normalized spacial score (nSPS) is 26.1. The molecule has 1 aromatic carbocycles. The molecule has 2 aliphatic carbocycles. The average molecular weight is 403 g/mol. The van der Waals surface area contributed by atoms with Crippen molar-refractivity contribution >= 4 is 34.2 Å². The predicted molar refractivity (Wildman–Crippen MR) is 123 cm³/mol. The van der Waals surface area contributed by atoms with Crippen LogP contribution in [0.3, 0.4) is 0 Å². The fourth-order valence-corrected chi connectivity index (χ4v) is 5.30. The number of anilines is 1. The first-order valence-corrected chi connectivity index (χ1v) is 11.0. The zero-order valence-electron chi connectivity index (χ0n) is 18.2. The first-order chi connectivity index (χ1) is 14.4. The van der Waals surface area contributed by atoms with E-state index in [4.69, 9.17) is 0 Å². The summed E-state index contributed by atoms with van der Waals surface area (Å²) in [5.74, 6) is 2.15. The van der Waals surface area contributed by atoms with Gasteiger partial charge in [-0.2, -0.15) is 10.1 Å². The molecule has 0 amide bonds. The SMILES string of the molecule is Cc1ccc2[nH]c3nc(N/N=C\[C@H]4C[C@H]5C(=CCCC5(C)C)C[C@@H]4C)nnc3c2c1. The molecule has 0 unspecified atom stereocenters. The van der Waals surface area contributed by atoms with Gasteiger partial charge < -0.3 is 4.98 Å². The van der Waals surface area contributed by atoms with Crippen LogP contribution >= 0.6 is 0 Å². The van der Waals surface area contributed by atoms with E-state index in [1.165, 1.54) is 31.2 Å². The number of rotatable bonds is 3. The Kier molecular flexibility index (Phi) is 4.60. The minimum Gasteiger partial charge on any atom is -0.338 e. The van der Waals surface area contributed by atoms with Gasteiger partial charge in [-0.05, 0) is 67.9 Å².